The lowest BCUT2D eigenvalue weighted by molar-refractivity contribution is -0.137. The number of ether oxygens (including phenoxy) is 1. The van der Waals surface area contributed by atoms with Crippen molar-refractivity contribution in [2.75, 3.05) is 6.61 Å². The second kappa shape index (κ2) is 8.57. The van der Waals surface area contributed by atoms with Crippen molar-refractivity contribution in [1.29, 1.82) is 0 Å². The van der Waals surface area contributed by atoms with E-state index in [9.17, 15) is 4.79 Å². The molecule has 92 valence electrons. The van der Waals surface area contributed by atoms with E-state index < -0.39 is 0 Å². The number of carbonyl (C=O) groups is 1. The molecule has 0 spiro atoms. The largest absolute Gasteiger partial charge is 0.463 e. The fraction of sp³-hybridized carbons (Fsp3) is 0.400. The zero-order valence-electron chi connectivity index (χ0n) is 10.4. The lowest BCUT2D eigenvalue weighted by atomic mass is 10.2. The second-order valence-electron chi connectivity index (χ2n) is 3.97. The fourth-order valence-electron chi connectivity index (χ4n) is 1.48. The maximum atomic E-state index is 11.3. The Bertz CT molecular complexity index is 341. The third kappa shape index (κ3) is 6.56. The zero-order valence-corrected chi connectivity index (χ0v) is 10.4. The summed E-state index contributed by atoms with van der Waals surface area (Å²) >= 11 is 0. The van der Waals surface area contributed by atoms with Crippen molar-refractivity contribution in [3.63, 3.8) is 0 Å². The predicted molar refractivity (Wildman–Crippen MR) is 70.6 cm³/mol. The Balaban J connectivity index is 2.19. The van der Waals surface area contributed by atoms with Gasteiger partial charge in [0.05, 0.1) is 6.61 Å². The van der Waals surface area contributed by atoms with E-state index in [-0.39, 0.29) is 5.97 Å². The average molecular weight is 232 g/mol. The van der Waals surface area contributed by atoms with Crippen LogP contribution in [0.5, 0.6) is 0 Å². The van der Waals surface area contributed by atoms with Crippen molar-refractivity contribution >= 4 is 12.0 Å². The van der Waals surface area contributed by atoms with Crippen LogP contribution in [0, 0.1) is 0 Å². The normalized spacial score (nSPS) is 10.6. The number of carbonyl (C=O) groups excluding carboxylic acids is 1. The summed E-state index contributed by atoms with van der Waals surface area (Å²) in [5, 5.41) is 0. The summed E-state index contributed by atoms with van der Waals surface area (Å²) in [5.74, 6) is -0.259. The minimum absolute atomic E-state index is 0.259. The molecule has 0 heterocycles. The molecule has 2 nitrogen and oxygen atoms in total. The number of hydrogen-bond acceptors (Lipinski definition) is 2. The smallest absolute Gasteiger partial charge is 0.330 e. The summed E-state index contributed by atoms with van der Waals surface area (Å²) in [6.07, 6.45) is 7.74. The van der Waals surface area contributed by atoms with Crippen LogP contribution in [0.3, 0.4) is 0 Å². The van der Waals surface area contributed by atoms with Gasteiger partial charge in [0.1, 0.15) is 0 Å². The van der Waals surface area contributed by atoms with E-state index in [4.69, 9.17) is 4.74 Å². The summed E-state index contributed by atoms with van der Waals surface area (Å²) in [5.41, 5.74) is 1.01. The first-order chi connectivity index (χ1) is 8.33. The Morgan fingerprint density at radius 3 is 2.65 bits per heavy atom. The summed E-state index contributed by atoms with van der Waals surface area (Å²) in [4.78, 5) is 11.3. The molecule has 0 aliphatic carbocycles. The molecule has 0 radical (unpaired) electrons. The van der Waals surface area contributed by atoms with Crippen molar-refractivity contribution in [2.45, 2.75) is 32.6 Å². The van der Waals surface area contributed by atoms with Gasteiger partial charge < -0.3 is 4.74 Å². The standard InChI is InChI=1S/C15H20O2/c1-2-3-4-8-13-17-15(16)12-11-14-9-6-5-7-10-14/h5-7,9-12H,2-4,8,13H2,1H3/b12-11-. The lowest BCUT2D eigenvalue weighted by Crippen LogP contribution is -2.02. The monoisotopic (exact) mass is 232 g/mol. The first-order valence-electron chi connectivity index (χ1n) is 6.23. The highest BCUT2D eigenvalue weighted by Crippen LogP contribution is 2.02. The molecule has 0 saturated carbocycles. The maximum absolute atomic E-state index is 11.3. The van der Waals surface area contributed by atoms with Crippen molar-refractivity contribution in [3.05, 3.63) is 42.0 Å². The first kappa shape index (κ1) is 13.5. The van der Waals surface area contributed by atoms with Crippen molar-refractivity contribution in [1.82, 2.24) is 0 Å². The fourth-order valence-corrected chi connectivity index (χ4v) is 1.48. The van der Waals surface area contributed by atoms with Crippen LogP contribution in [0.1, 0.15) is 38.2 Å². The highest BCUT2D eigenvalue weighted by Gasteiger charge is 1.96. The third-order valence-corrected chi connectivity index (χ3v) is 2.45. The maximum Gasteiger partial charge on any atom is 0.330 e. The Morgan fingerprint density at radius 1 is 1.18 bits per heavy atom. The van der Waals surface area contributed by atoms with Gasteiger partial charge in [0, 0.05) is 6.08 Å². The first-order valence-corrected chi connectivity index (χ1v) is 6.23. The van der Waals surface area contributed by atoms with E-state index in [0.717, 1.165) is 18.4 Å². The highest BCUT2D eigenvalue weighted by atomic mass is 16.5. The molecular formula is C15H20O2. The number of benzene rings is 1. The molecule has 0 aliphatic heterocycles. The predicted octanol–water partition coefficient (Wildman–Crippen LogP) is 3.82. The molecule has 0 aromatic heterocycles. The minimum Gasteiger partial charge on any atom is -0.463 e. The molecular weight excluding hydrogens is 212 g/mol. The van der Waals surface area contributed by atoms with Crippen LogP contribution in [-0.2, 0) is 9.53 Å². The van der Waals surface area contributed by atoms with E-state index >= 15 is 0 Å². The van der Waals surface area contributed by atoms with E-state index in [1.54, 1.807) is 6.08 Å². The van der Waals surface area contributed by atoms with Crippen LogP contribution >= 0.6 is 0 Å². The molecule has 0 atom stereocenters. The molecule has 1 aromatic rings. The van der Waals surface area contributed by atoms with Crippen LogP contribution in [0.2, 0.25) is 0 Å². The Morgan fingerprint density at radius 2 is 1.94 bits per heavy atom. The zero-order chi connectivity index (χ0) is 12.3. The molecule has 0 unspecified atom stereocenters. The van der Waals surface area contributed by atoms with Gasteiger partial charge in [-0.15, -0.1) is 0 Å². The van der Waals surface area contributed by atoms with Gasteiger partial charge in [-0.1, -0.05) is 56.5 Å². The van der Waals surface area contributed by atoms with Crippen LogP contribution in [0.15, 0.2) is 36.4 Å². The average Bonchev–Trinajstić information content (AvgIpc) is 2.37. The number of unbranched alkanes of at least 4 members (excludes halogenated alkanes) is 3. The van der Waals surface area contributed by atoms with Gasteiger partial charge in [0.15, 0.2) is 0 Å². The Hall–Kier alpha value is -1.57. The van der Waals surface area contributed by atoms with Crippen LogP contribution in [0.4, 0.5) is 0 Å². The van der Waals surface area contributed by atoms with Gasteiger partial charge in [-0.05, 0) is 18.1 Å². The molecule has 17 heavy (non-hydrogen) atoms. The van der Waals surface area contributed by atoms with Crippen molar-refractivity contribution in [2.24, 2.45) is 0 Å². The van der Waals surface area contributed by atoms with Gasteiger partial charge in [0.25, 0.3) is 0 Å². The van der Waals surface area contributed by atoms with E-state index in [1.807, 2.05) is 30.3 Å². The van der Waals surface area contributed by atoms with E-state index in [0.29, 0.717) is 6.61 Å². The second-order valence-corrected chi connectivity index (χ2v) is 3.97. The van der Waals surface area contributed by atoms with Gasteiger partial charge in [-0.3, -0.25) is 0 Å². The summed E-state index contributed by atoms with van der Waals surface area (Å²) in [6, 6.07) is 9.73. The van der Waals surface area contributed by atoms with E-state index in [2.05, 4.69) is 6.92 Å². The topological polar surface area (TPSA) is 26.3 Å². The minimum atomic E-state index is -0.259. The SMILES string of the molecule is CCCCCCOC(=O)/C=C\c1ccccc1. The number of rotatable bonds is 7. The molecule has 0 amide bonds. The highest BCUT2D eigenvalue weighted by molar-refractivity contribution is 5.86. The molecule has 0 saturated heterocycles. The van der Waals surface area contributed by atoms with Gasteiger partial charge >= 0.3 is 5.97 Å². The van der Waals surface area contributed by atoms with Crippen molar-refractivity contribution in [3.8, 4) is 0 Å². The molecule has 0 fully saturated rings. The van der Waals surface area contributed by atoms with Gasteiger partial charge in [0.2, 0.25) is 0 Å². The summed E-state index contributed by atoms with van der Waals surface area (Å²) < 4.78 is 5.08. The van der Waals surface area contributed by atoms with E-state index in [1.165, 1.54) is 18.9 Å². The van der Waals surface area contributed by atoms with Crippen LogP contribution < -0.4 is 0 Å². The molecule has 1 aromatic carbocycles. The third-order valence-electron chi connectivity index (χ3n) is 2.45. The molecule has 1 rings (SSSR count). The van der Waals surface area contributed by atoms with Crippen molar-refractivity contribution < 1.29 is 9.53 Å². The van der Waals surface area contributed by atoms with Gasteiger partial charge in [-0.25, -0.2) is 4.79 Å². The Kier molecular flexibility index (Phi) is 6.80. The molecule has 0 bridgehead atoms. The number of hydrogen-bond donors (Lipinski definition) is 0. The summed E-state index contributed by atoms with van der Waals surface area (Å²) in [7, 11) is 0. The number of esters is 1. The van der Waals surface area contributed by atoms with Crippen LogP contribution in [0.25, 0.3) is 6.08 Å². The Labute approximate surface area is 103 Å². The molecule has 0 aliphatic rings. The quantitative estimate of drug-likeness (QED) is 0.406. The van der Waals surface area contributed by atoms with Gasteiger partial charge in [-0.2, -0.15) is 0 Å². The molecule has 0 N–H and O–H groups in total. The summed E-state index contributed by atoms with van der Waals surface area (Å²) in [6.45, 7) is 2.69. The lowest BCUT2D eigenvalue weighted by Gasteiger charge is -2.00. The molecule has 2 heteroatoms. The van der Waals surface area contributed by atoms with Crippen LogP contribution in [-0.4, -0.2) is 12.6 Å².